The quantitative estimate of drug-likeness (QED) is 0.572. The summed E-state index contributed by atoms with van der Waals surface area (Å²) in [6.07, 6.45) is 3.55. The van der Waals surface area contributed by atoms with E-state index in [4.69, 9.17) is 20.6 Å². The molecule has 1 heterocycles. The van der Waals surface area contributed by atoms with Gasteiger partial charge in [0.1, 0.15) is 12.2 Å². The Kier molecular flexibility index (Phi) is 3.14. The van der Waals surface area contributed by atoms with Crippen molar-refractivity contribution < 1.29 is 24.1 Å². The second-order valence-electron chi connectivity index (χ2n) is 5.13. The summed E-state index contributed by atoms with van der Waals surface area (Å²) in [6.45, 7) is 5.40. The van der Waals surface area contributed by atoms with Gasteiger partial charge in [0.2, 0.25) is 0 Å². The van der Waals surface area contributed by atoms with E-state index in [9.17, 15) is 9.90 Å². The average molecular weight is 254 g/mol. The van der Waals surface area contributed by atoms with Crippen molar-refractivity contribution in [3.63, 3.8) is 0 Å². The van der Waals surface area contributed by atoms with Crippen molar-refractivity contribution >= 4 is 5.97 Å². The van der Waals surface area contributed by atoms with Crippen LogP contribution in [0.15, 0.2) is 0 Å². The van der Waals surface area contributed by atoms with E-state index in [2.05, 4.69) is 5.92 Å². The van der Waals surface area contributed by atoms with Gasteiger partial charge in [-0.15, -0.1) is 6.42 Å². The molecule has 1 N–H and O–H groups in total. The summed E-state index contributed by atoms with van der Waals surface area (Å²) in [6, 6.07) is 0. The summed E-state index contributed by atoms with van der Waals surface area (Å²) in [5.41, 5.74) is -1.26. The molecular formula is C13H18O5. The van der Waals surface area contributed by atoms with Gasteiger partial charge in [-0.25, -0.2) is 0 Å². The Labute approximate surface area is 106 Å². The molecule has 5 nitrogen and oxygen atoms in total. The molecule has 1 aliphatic heterocycles. The molecule has 0 radical (unpaired) electrons. The van der Waals surface area contributed by atoms with Crippen molar-refractivity contribution in [1.29, 1.82) is 0 Å². The van der Waals surface area contributed by atoms with Gasteiger partial charge >= 0.3 is 5.97 Å². The zero-order valence-corrected chi connectivity index (χ0v) is 10.8. The lowest BCUT2D eigenvalue weighted by Gasteiger charge is -2.27. The van der Waals surface area contributed by atoms with Crippen LogP contribution >= 0.6 is 0 Å². The molecule has 0 bridgehead atoms. The molecule has 0 aromatic carbocycles. The number of hydrogen-bond acceptors (Lipinski definition) is 5. The van der Waals surface area contributed by atoms with Gasteiger partial charge < -0.3 is 19.3 Å². The van der Waals surface area contributed by atoms with Crippen LogP contribution in [0.25, 0.3) is 0 Å². The third kappa shape index (κ3) is 1.81. The average Bonchev–Trinajstić information content (AvgIpc) is 2.73. The van der Waals surface area contributed by atoms with Gasteiger partial charge in [-0.3, -0.25) is 4.79 Å². The van der Waals surface area contributed by atoms with Gasteiger partial charge in [0, 0.05) is 6.42 Å². The molecule has 1 saturated heterocycles. The van der Waals surface area contributed by atoms with Crippen LogP contribution in [0.4, 0.5) is 0 Å². The molecule has 0 spiro atoms. The molecule has 2 rings (SSSR count). The SMILES string of the molecule is C#C[C@]1(C(=O)OCC)C[C@H](O)[C@@H]2OC(C)(C)O[C@@H]21. The van der Waals surface area contributed by atoms with Crippen molar-refractivity contribution in [2.45, 2.75) is 51.3 Å². The molecule has 0 aromatic rings. The first-order chi connectivity index (χ1) is 8.36. The lowest BCUT2D eigenvalue weighted by atomic mass is 9.84. The zero-order valence-electron chi connectivity index (χ0n) is 10.8. The van der Waals surface area contributed by atoms with Crippen LogP contribution < -0.4 is 0 Å². The lowest BCUT2D eigenvalue weighted by molar-refractivity contribution is -0.181. The highest BCUT2D eigenvalue weighted by molar-refractivity contribution is 5.82. The van der Waals surface area contributed by atoms with Crippen molar-refractivity contribution in [2.75, 3.05) is 6.61 Å². The number of aliphatic hydroxyl groups excluding tert-OH is 1. The molecular weight excluding hydrogens is 236 g/mol. The predicted octanol–water partition coefficient (Wildman–Crippen LogP) is 0.454. The number of aliphatic hydroxyl groups is 1. The normalized spacial score (nSPS) is 41.2. The summed E-state index contributed by atoms with van der Waals surface area (Å²) >= 11 is 0. The van der Waals surface area contributed by atoms with Crippen molar-refractivity contribution in [1.82, 2.24) is 0 Å². The molecule has 0 amide bonds. The maximum atomic E-state index is 12.1. The van der Waals surface area contributed by atoms with Crippen LogP contribution in [-0.2, 0) is 19.0 Å². The molecule has 0 aromatic heterocycles. The van der Waals surface area contributed by atoms with Gasteiger partial charge in [0.25, 0.3) is 0 Å². The van der Waals surface area contributed by atoms with Crippen molar-refractivity contribution in [2.24, 2.45) is 5.41 Å². The fourth-order valence-corrected chi connectivity index (χ4v) is 2.67. The van der Waals surface area contributed by atoms with Crippen LogP contribution in [-0.4, -0.2) is 41.8 Å². The van der Waals surface area contributed by atoms with Crippen LogP contribution in [0.2, 0.25) is 0 Å². The standard InChI is InChI=1S/C13H18O5/c1-5-13(11(15)16-6-2)7-8(14)9-10(13)18-12(3,4)17-9/h1,8-10,14H,6-7H2,2-4H3/t8-,9-,10-,13-/m0/s1. The molecule has 18 heavy (non-hydrogen) atoms. The van der Waals surface area contributed by atoms with E-state index in [1.54, 1.807) is 20.8 Å². The summed E-state index contributed by atoms with van der Waals surface area (Å²) in [5, 5.41) is 10.0. The smallest absolute Gasteiger partial charge is 0.327 e. The molecule has 0 unspecified atom stereocenters. The summed E-state index contributed by atoms with van der Waals surface area (Å²) < 4.78 is 16.3. The Hall–Kier alpha value is -1.09. The van der Waals surface area contributed by atoms with E-state index in [1.165, 1.54) is 0 Å². The molecule has 100 valence electrons. The molecule has 2 fully saturated rings. The maximum Gasteiger partial charge on any atom is 0.327 e. The first-order valence-electron chi connectivity index (χ1n) is 6.05. The number of terminal acetylenes is 1. The summed E-state index contributed by atoms with van der Waals surface area (Å²) in [4.78, 5) is 12.1. The minimum absolute atomic E-state index is 0.105. The Bertz CT molecular complexity index is 397. The van der Waals surface area contributed by atoms with Crippen LogP contribution in [0.5, 0.6) is 0 Å². The molecule has 1 saturated carbocycles. The number of hydrogen-bond donors (Lipinski definition) is 1. The van der Waals surface area contributed by atoms with Crippen LogP contribution in [0.1, 0.15) is 27.2 Å². The highest BCUT2D eigenvalue weighted by Gasteiger charge is 2.64. The predicted molar refractivity (Wildman–Crippen MR) is 62.3 cm³/mol. The highest BCUT2D eigenvalue weighted by atomic mass is 16.8. The third-order valence-electron chi connectivity index (χ3n) is 3.42. The van der Waals surface area contributed by atoms with E-state index >= 15 is 0 Å². The van der Waals surface area contributed by atoms with Gasteiger partial charge in [-0.05, 0) is 20.8 Å². The van der Waals surface area contributed by atoms with E-state index in [0.29, 0.717) is 0 Å². The van der Waals surface area contributed by atoms with Crippen LogP contribution in [0, 0.1) is 17.8 Å². The molecule has 4 atom stereocenters. The Balaban J connectivity index is 2.33. The number of fused-ring (bicyclic) bond motifs is 1. The number of carbonyl (C=O) groups excluding carboxylic acids is 1. The van der Waals surface area contributed by atoms with E-state index in [-0.39, 0.29) is 13.0 Å². The van der Waals surface area contributed by atoms with Gasteiger partial charge in [0.15, 0.2) is 11.2 Å². The number of carbonyl (C=O) groups is 1. The van der Waals surface area contributed by atoms with Gasteiger partial charge in [-0.2, -0.15) is 0 Å². The maximum absolute atomic E-state index is 12.1. The van der Waals surface area contributed by atoms with E-state index in [0.717, 1.165) is 0 Å². The second kappa shape index (κ2) is 4.23. The highest BCUT2D eigenvalue weighted by Crippen LogP contribution is 2.49. The van der Waals surface area contributed by atoms with Crippen molar-refractivity contribution in [3.05, 3.63) is 0 Å². The largest absolute Gasteiger partial charge is 0.465 e. The molecule has 1 aliphatic carbocycles. The summed E-state index contributed by atoms with van der Waals surface area (Å²) in [5.74, 6) is 1.08. The van der Waals surface area contributed by atoms with E-state index in [1.807, 2.05) is 0 Å². The summed E-state index contributed by atoms with van der Waals surface area (Å²) in [7, 11) is 0. The number of esters is 1. The minimum Gasteiger partial charge on any atom is -0.465 e. The first-order valence-corrected chi connectivity index (χ1v) is 6.05. The number of ether oxygens (including phenoxy) is 3. The fourth-order valence-electron chi connectivity index (χ4n) is 2.67. The lowest BCUT2D eigenvalue weighted by Crippen LogP contribution is -2.42. The Morgan fingerprint density at radius 3 is 2.78 bits per heavy atom. The minimum atomic E-state index is -1.26. The molecule has 5 heteroatoms. The third-order valence-corrected chi connectivity index (χ3v) is 3.42. The van der Waals surface area contributed by atoms with E-state index < -0.39 is 35.5 Å². The second-order valence-corrected chi connectivity index (χ2v) is 5.13. The van der Waals surface area contributed by atoms with Gasteiger partial charge in [0.05, 0.1) is 12.7 Å². The zero-order chi connectivity index (χ0) is 13.6. The first kappa shape index (κ1) is 13.3. The fraction of sp³-hybridized carbons (Fsp3) is 0.769. The van der Waals surface area contributed by atoms with Crippen molar-refractivity contribution in [3.8, 4) is 12.3 Å². The Morgan fingerprint density at radius 2 is 2.22 bits per heavy atom. The van der Waals surface area contributed by atoms with Gasteiger partial charge in [-0.1, -0.05) is 5.92 Å². The van der Waals surface area contributed by atoms with Crippen LogP contribution in [0.3, 0.4) is 0 Å². The molecule has 2 aliphatic rings. The monoisotopic (exact) mass is 254 g/mol. The number of rotatable bonds is 2. The topological polar surface area (TPSA) is 65.0 Å². The Morgan fingerprint density at radius 1 is 1.56 bits per heavy atom.